The third kappa shape index (κ3) is 5.32. The second kappa shape index (κ2) is 7.51. The highest BCUT2D eigenvalue weighted by Crippen LogP contribution is 2.36. The molecule has 142 valence electrons. The van der Waals surface area contributed by atoms with Crippen LogP contribution >= 0.6 is 0 Å². The normalized spacial score (nSPS) is 21.1. The maximum atomic E-state index is 13.3. The van der Waals surface area contributed by atoms with Crippen LogP contribution in [-0.4, -0.2) is 39.0 Å². The number of piperidine rings is 1. The Hall–Kier alpha value is -1.32. The molecular formula is C16H24F3N3O2S. The zero-order chi connectivity index (χ0) is 18.8. The van der Waals surface area contributed by atoms with E-state index >= 15 is 0 Å². The summed E-state index contributed by atoms with van der Waals surface area (Å²) in [6.07, 6.45) is -2.42. The Morgan fingerprint density at radius 1 is 1.40 bits per heavy atom. The largest absolute Gasteiger partial charge is 0.418 e. The maximum Gasteiger partial charge on any atom is 0.418 e. The van der Waals surface area contributed by atoms with E-state index in [4.69, 9.17) is 5.14 Å². The van der Waals surface area contributed by atoms with Crippen molar-refractivity contribution in [3.8, 4) is 0 Å². The van der Waals surface area contributed by atoms with Crippen molar-refractivity contribution in [1.82, 2.24) is 4.90 Å². The maximum absolute atomic E-state index is 13.3. The van der Waals surface area contributed by atoms with Crippen molar-refractivity contribution in [3.05, 3.63) is 23.8 Å². The molecule has 3 N–H and O–H groups in total. The summed E-state index contributed by atoms with van der Waals surface area (Å²) in [5.41, 5.74) is -1.17. The van der Waals surface area contributed by atoms with Crippen molar-refractivity contribution >= 4 is 15.7 Å². The first-order valence-electron chi connectivity index (χ1n) is 8.20. The lowest BCUT2D eigenvalue weighted by Crippen LogP contribution is -2.43. The molecule has 1 saturated heterocycles. The van der Waals surface area contributed by atoms with Crippen molar-refractivity contribution in [2.24, 2.45) is 11.1 Å². The predicted octanol–water partition coefficient (Wildman–Crippen LogP) is 2.89. The third-order valence-corrected chi connectivity index (χ3v) is 5.44. The van der Waals surface area contributed by atoms with Gasteiger partial charge in [0.05, 0.1) is 10.5 Å². The van der Waals surface area contributed by atoms with Crippen molar-refractivity contribution < 1.29 is 21.6 Å². The highest BCUT2D eigenvalue weighted by Gasteiger charge is 2.35. The predicted molar refractivity (Wildman–Crippen MR) is 90.7 cm³/mol. The van der Waals surface area contributed by atoms with Crippen LogP contribution in [0.25, 0.3) is 0 Å². The van der Waals surface area contributed by atoms with Gasteiger partial charge in [-0.1, -0.05) is 6.92 Å². The van der Waals surface area contributed by atoms with Gasteiger partial charge in [0.1, 0.15) is 0 Å². The number of anilines is 1. The summed E-state index contributed by atoms with van der Waals surface area (Å²) >= 11 is 0. The second-order valence-electron chi connectivity index (χ2n) is 6.72. The molecule has 0 spiro atoms. The Labute approximate surface area is 146 Å². The van der Waals surface area contributed by atoms with Gasteiger partial charge in [-0.25, -0.2) is 13.6 Å². The second-order valence-corrected chi connectivity index (χ2v) is 8.28. The van der Waals surface area contributed by atoms with Crippen LogP contribution in [0.5, 0.6) is 0 Å². The van der Waals surface area contributed by atoms with E-state index in [0.29, 0.717) is 18.5 Å². The van der Waals surface area contributed by atoms with Gasteiger partial charge in [0.25, 0.3) is 0 Å². The number of nitrogens with one attached hydrogen (secondary N) is 1. The number of benzene rings is 1. The molecule has 1 aliphatic heterocycles. The Kier molecular flexibility index (Phi) is 6.01. The summed E-state index contributed by atoms with van der Waals surface area (Å²) in [7, 11) is -4.19. The monoisotopic (exact) mass is 379 g/mol. The number of hydrogen-bond donors (Lipinski definition) is 2. The van der Waals surface area contributed by atoms with Crippen LogP contribution < -0.4 is 10.5 Å². The molecule has 2 rings (SSSR count). The number of primary sulfonamides is 1. The number of alkyl halides is 3. The standard InChI is InChI=1S/C16H24F3N3O2S/c1-11-4-3-7-22(10-11)12(2)9-21-15-6-5-13(25(20,23)24)8-14(15)16(17,18)19/h5-6,8,11-12,21H,3-4,7,9-10H2,1-2H3,(H2,20,23,24). The van der Waals surface area contributed by atoms with E-state index in [1.165, 1.54) is 6.42 Å². The van der Waals surface area contributed by atoms with E-state index in [0.717, 1.165) is 31.6 Å². The zero-order valence-electron chi connectivity index (χ0n) is 14.3. The van der Waals surface area contributed by atoms with Crippen LogP contribution in [0.2, 0.25) is 0 Å². The van der Waals surface area contributed by atoms with Gasteiger partial charge in [-0.2, -0.15) is 13.2 Å². The van der Waals surface area contributed by atoms with Crippen LogP contribution in [-0.2, 0) is 16.2 Å². The lowest BCUT2D eigenvalue weighted by molar-refractivity contribution is -0.137. The molecule has 0 radical (unpaired) electrons. The molecular weight excluding hydrogens is 355 g/mol. The van der Waals surface area contributed by atoms with Gasteiger partial charge in [0.2, 0.25) is 10.0 Å². The fourth-order valence-electron chi connectivity index (χ4n) is 3.10. The van der Waals surface area contributed by atoms with Gasteiger partial charge >= 0.3 is 6.18 Å². The molecule has 5 nitrogen and oxygen atoms in total. The molecule has 0 aliphatic carbocycles. The highest BCUT2D eigenvalue weighted by atomic mass is 32.2. The molecule has 1 aromatic carbocycles. The third-order valence-electron chi connectivity index (χ3n) is 4.52. The van der Waals surface area contributed by atoms with E-state index in [1.807, 2.05) is 6.92 Å². The van der Waals surface area contributed by atoms with E-state index in [1.54, 1.807) is 0 Å². The quantitative estimate of drug-likeness (QED) is 0.825. The number of hydrogen-bond acceptors (Lipinski definition) is 4. The molecule has 0 saturated carbocycles. The van der Waals surface area contributed by atoms with E-state index < -0.39 is 26.7 Å². The number of nitrogens with zero attached hydrogens (tertiary/aromatic N) is 1. The zero-order valence-corrected chi connectivity index (χ0v) is 15.1. The minimum Gasteiger partial charge on any atom is -0.383 e. The van der Waals surface area contributed by atoms with Gasteiger partial charge < -0.3 is 5.32 Å². The van der Waals surface area contributed by atoms with Crippen molar-refractivity contribution in [3.63, 3.8) is 0 Å². The van der Waals surface area contributed by atoms with Crippen molar-refractivity contribution in [2.45, 2.75) is 43.8 Å². The summed E-state index contributed by atoms with van der Waals surface area (Å²) in [5, 5.41) is 7.74. The first kappa shape index (κ1) is 20.0. The fourth-order valence-corrected chi connectivity index (χ4v) is 3.64. The van der Waals surface area contributed by atoms with Gasteiger partial charge in [0, 0.05) is 24.8 Å². The molecule has 9 heteroatoms. The summed E-state index contributed by atoms with van der Waals surface area (Å²) in [6.45, 7) is 6.34. The van der Waals surface area contributed by atoms with Gasteiger partial charge in [0.15, 0.2) is 0 Å². The summed E-state index contributed by atoms with van der Waals surface area (Å²) in [5.74, 6) is 0.580. The highest BCUT2D eigenvalue weighted by molar-refractivity contribution is 7.89. The molecule has 1 heterocycles. The van der Waals surface area contributed by atoms with Crippen LogP contribution in [0.1, 0.15) is 32.3 Å². The molecule has 25 heavy (non-hydrogen) atoms. The van der Waals surface area contributed by atoms with Crippen LogP contribution in [0.4, 0.5) is 18.9 Å². The minimum absolute atomic E-state index is 0.0711. The lowest BCUT2D eigenvalue weighted by Gasteiger charge is -2.35. The van der Waals surface area contributed by atoms with E-state index in [2.05, 4.69) is 17.1 Å². The summed E-state index contributed by atoms with van der Waals surface area (Å²) in [4.78, 5) is 1.70. The Balaban J connectivity index is 2.15. The smallest absolute Gasteiger partial charge is 0.383 e. The Bertz CT molecular complexity index is 707. The topological polar surface area (TPSA) is 75.4 Å². The Morgan fingerprint density at radius 2 is 2.08 bits per heavy atom. The lowest BCUT2D eigenvalue weighted by atomic mass is 9.99. The number of nitrogens with two attached hydrogens (primary N) is 1. The van der Waals surface area contributed by atoms with Crippen LogP contribution in [0, 0.1) is 5.92 Å². The molecule has 2 unspecified atom stereocenters. The number of halogens is 3. The number of likely N-dealkylation sites (tertiary alicyclic amines) is 1. The molecule has 1 aromatic rings. The van der Waals surface area contributed by atoms with Crippen molar-refractivity contribution in [1.29, 1.82) is 0 Å². The first-order valence-corrected chi connectivity index (χ1v) is 9.75. The van der Waals surface area contributed by atoms with Crippen LogP contribution in [0.3, 0.4) is 0 Å². The molecule has 0 aromatic heterocycles. The number of sulfonamides is 1. The van der Waals surface area contributed by atoms with Crippen LogP contribution in [0.15, 0.2) is 23.1 Å². The van der Waals surface area contributed by atoms with Crippen molar-refractivity contribution in [2.75, 3.05) is 25.0 Å². The summed E-state index contributed by atoms with van der Waals surface area (Å²) < 4.78 is 62.4. The average Bonchev–Trinajstić information content (AvgIpc) is 2.50. The van der Waals surface area contributed by atoms with E-state index in [9.17, 15) is 21.6 Å². The van der Waals surface area contributed by atoms with E-state index in [-0.39, 0.29) is 11.7 Å². The minimum atomic E-state index is -4.67. The van der Waals surface area contributed by atoms with Gasteiger partial charge in [-0.3, -0.25) is 4.90 Å². The molecule has 0 amide bonds. The molecule has 1 fully saturated rings. The average molecular weight is 379 g/mol. The Morgan fingerprint density at radius 3 is 2.64 bits per heavy atom. The summed E-state index contributed by atoms with van der Waals surface area (Å²) in [6, 6.07) is 2.85. The SMILES string of the molecule is CC1CCCN(C(C)CNc2ccc(S(N)(=O)=O)cc2C(F)(F)F)C1. The number of rotatable bonds is 5. The van der Waals surface area contributed by atoms with Gasteiger partial charge in [-0.15, -0.1) is 0 Å². The molecule has 0 bridgehead atoms. The van der Waals surface area contributed by atoms with Gasteiger partial charge in [-0.05, 0) is 50.4 Å². The fraction of sp³-hybridized carbons (Fsp3) is 0.625. The molecule has 2 atom stereocenters. The first-order chi connectivity index (χ1) is 11.5. The molecule has 1 aliphatic rings.